The second kappa shape index (κ2) is 5.61. The number of amides is 1. The van der Waals surface area contributed by atoms with Gasteiger partial charge in [0.05, 0.1) is 13.2 Å². The normalized spacial score (nSPS) is 18.9. The van der Waals surface area contributed by atoms with Crippen LogP contribution in [-0.2, 0) is 4.79 Å². The van der Waals surface area contributed by atoms with Crippen LogP contribution >= 0.6 is 0 Å². The summed E-state index contributed by atoms with van der Waals surface area (Å²) in [4.78, 5) is 15.9. The molecular weight excluding hydrogens is 206 g/mol. The Bertz CT molecular complexity index is 235. The molecule has 2 N–H and O–H groups in total. The van der Waals surface area contributed by atoms with Gasteiger partial charge < -0.3 is 20.2 Å². The summed E-state index contributed by atoms with van der Waals surface area (Å²) in [7, 11) is 2.06. The second-order valence-electron chi connectivity index (χ2n) is 5.08. The Hall–Kier alpha value is -0.650. The fourth-order valence-corrected chi connectivity index (χ4v) is 1.54. The third kappa shape index (κ3) is 4.08. The molecule has 1 saturated heterocycles. The number of nitrogens with one attached hydrogen (secondary N) is 1. The van der Waals surface area contributed by atoms with Crippen molar-refractivity contribution < 1.29 is 9.90 Å². The van der Waals surface area contributed by atoms with Crippen molar-refractivity contribution in [2.45, 2.75) is 19.4 Å². The molecule has 0 radical (unpaired) electrons. The van der Waals surface area contributed by atoms with Crippen molar-refractivity contribution in [1.82, 2.24) is 15.1 Å². The van der Waals surface area contributed by atoms with Crippen LogP contribution in [0.3, 0.4) is 0 Å². The van der Waals surface area contributed by atoms with E-state index in [1.165, 1.54) is 0 Å². The van der Waals surface area contributed by atoms with Gasteiger partial charge in [-0.3, -0.25) is 4.79 Å². The molecule has 1 amide bonds. The largest absolute Gasteiger partial charge is 0.394 e. The van der Waals surface area contributed by atoms with Crippen LogP contribution in [0.4, 0.5) is 0 Å². The van der Waals surface area contributed by atoms with Crippen molar-refractivity contribution in [3.63, 3.8) is 0 Å². The van der Waals surface area contributed by atoms with Crippen LogP contribution in [0.1, 0.15) is 13.8 Å². The maximum atomic E-state index is 11.8. The zero-order chi connectivity index (χ0) is 12.2. The molecule has 0 aliphatic carbocycles. The third-order valence-corrected chi connectivity index (χ3v) is 2.97. The fraction of sp³-hybridized carbons (Fsp3) is 0.909. The Morgan fingerprint density at radius 3 is 2.38 bits per heavy atom. The van der Waals surface area contributed by atoms with Gasteiger partial charge >= 0.3 is 0 Å². The highest BCUT2D eigenvalue weighted by Gasteiger charge is 2.21. The van der Waals surface area contributed by atoms with E-state index in [0.717, 1.165) is 26.2 Å². The Kier molecular flexibility index (Phi) is 4.70. The van der Waals surface area contributed by atoms with E-state index in [4.69, 9.17) is 5.11 Å². The summed E-state index contributed by atoms with van der Waals surface area (Å²) in [5.74, 6) is 0.120. The lowest BCUT2D eigenvalue weighted by atomic mass is 10.1. The zero-order valence-electron chi connectivity index (χ0n) is 10.5. The van der Waals surface area contributed by atoms with E-state index >= 15 is 0 Å². The molecule has 0 unspecified atom stereocenters. The molecule has 94 valence electrons. The molecule has 1 fully saturated rings. The minimum Gasteiger partial charge on any atom is -0.394 e. The first-order valence-electron chi connectivity index (χ1n) is 5.77. The van der Waals surface area contributed by atoms with Crippen LogP contribution in [0.5, 0.6) is 0 Å². The summed E-state index contributed by atoms with van der Waals surface area (Å²) in [6, 6.07) is 0. The number of rotatable bonds is 4. The van der Waals surface area contributed by atoms with Gasteiger partial charge in [0.15, 0.2) is 0 Å². The van der Waals surface area contributed by atoms with Crippen molar-refractivity contribution in [3.8, 4) is 0 Å². The lowest BCUT2D eigenvalue weighted by molar-refractivity contribution is -0.132. The summed E-state index contributed by atoms with van der Waals surface area (Å²) in [6.45, 7) is 7.58. The predicted octanol–water partition coefficient (Wildman–Crippen LogP) is -0.879. The minimum atomic E-state index is -0.387. The van der Waals surface area contributed by atoms with Gasteiger partial charge in [0.1, 0.15) is 0 Å². The lowest BCUT2D eigenvalue weighted by Gasteiger charge is -2.33. The average Bonchev–Trinajstić information content (AvgIpc) is 2.27. The zero-order valence-corrected chi connectivity index (χ0v) is 10.5. The minimum absolute atomic E-state index is 0.0308. The molecule has 1 heterocycles. The van der Waals surface area contributed by atoms with E-state index in [-0.39, 0.29) is 18.1 Å². The van der Waals surface area contributed by atoms with Crippen LogP contribution < -0.4 is 5.32 Å². The summed E-state index contributed by atoms with van der Waals surface area (Å²) in [6.07, 6.45) is 0. The molecule has 0 bridgehead atoms. The van der Waals surface area contributed by atoms with E-state index in [9.17, 15) is 4.79 Å². The Labute approximate surface area is 97.4 Å². The van der Waals surface area contributed by atoms with Crippen molar-refractivity contribution in [2.24, 2.45) is 0 Å². The number of carbonyl (C=O) groups excluding carboxylic acids is 1. The maximum absolute atomic E-state index is 11.8. The molecular formula is C11H23N3O2. The predicted molar refractivity (Wildman–Crippen MR) is 63.2 cm³/mol. The van der Waals surface area contributed by atoms with Crippen molar-refractivity contribution >= 4 is 5.91 Å². The van der Waals surface area contributed by atoms with Crippen molar-refractivity contribution in [1.29, 1.82) is 0 Å². The first kappa shape index (κ1) is 13.4. The molecule has 5 heteroatoms. The number of nitrogens with zero attached hydrogens (tertiary/aromatic N) is 2. The summed E-state index contributed by atoms with van der Waals surface area (Å²) < 4.78 is 0. The molecule has 1 aliphatic rings. The SMILES string of the molecule is CN1CCN(C(=O)CNC(C)(C)CO)CC1. The average molecular weight is 229 g/mol. The van der Waals surface area contributed by atoms with Gasteiger partial charge in [0, 0.05) is 31.7 Å². The molecule has 0 atom stereocenters. The highest BCUT2D eigenvalue weighted by molar-refractivity contribution is 5.78. The standard InChI is InChI=1S/C11H23N3O2/c1-11(2,9-15)12-8-10(16)14-6-4-13(3)5-7-14/h12,15H,4-9H2,1-3H3. The lowest BCUT2D eigenvalue weighted by Crippen LogP contribution is -2.52. The van der Waals surface area contributed by atoms with Gasteiger partial charge in [-0.15, -0.1) is 0 Å². The van der Waals surface area contributed by atoms with Gasteiger partial charge in [-0.05, 0) is 20.9 Å². The second-order valence-corrected chi connectivity index (χ2v) is 5.08. The molecule has 0 spiro atoms. The number of aliphatic hydroxyl groups excluding tert-OH is 1. The van der Waals surface area contributed by atoms with Crippen LogP contribution in [0.2, 0.25) is 0 Å². The maximum Gasteiger partial charge on any atom is 0.236 e. The number of piperazine rings is 1. The highest BCUT2D eigenvalue weighted by Crippen LogP contribution is 2.02. The molecule has 16 heavy (non-hydrogen) atoms. The molecule has 0 aromatic carbocycles. The van der Waals surface area contributed by atoms with Crippen LogP contribution in [0.15, 0.2) is 0 Å². The summed E-state index contributed by atoms with van der Waals surface area (Å²) in [5.41, 5.74) is -0.387. The third-order valence-electron chi connectivity index (χ3n) is 2.97. The first-order chi connectivity index (χ1) is 7.44. The Morgan fingerprint density at radius 2 is 1.88 bits per heavy atom. The quantitative estimate of drug-likeness (QED) is 0.657. The molecule has 1 rings (SSSR count). The molecule has 0 aromatic rings. The highest BCUT2D eigenvalue weighted by atomic mass is 16.3. The molecule has 1 aliphatic heterocycles. The van der Waals surface area contributed by atoms with Gasteiger partial charge in [0.25, 0.3) is 0 Å². The number of aliphatic hydroxyl groups is 1. The van der Waals surface area contributed by atoms with E-state index in [2.05, 4.69) is 17.3 Å². The van der Waals surface area contributed by atoms with E-state index < -0.39 is 0 Å². The Morgan fingerprint density at radius 1 is 1.31 bits per heavy atom. The smallest absolute Gasteiger partial charge is 0.236 e. The first-order valence-corrected chi connectivity index (χ1v) is 5.77. The van der Waals surface area contributed by atoms with Gasteiger partial charge in [-0.1, -0.05) is 0 Å². The van der Waals surface area contributed by atoms with Gasteiger partial charge in [-0.25, -0.2) is 0 Å². The molecule has 0 saturated carbocycles. The van der Waals surface area contributed by atoms with Crippen LogP contribution in [0.25, 0.3) is 0 Å². The number of hydrogen-bond acceptors (Lipinski definition) is 4. The number of hydrogen-bond donors (Lipinski definition) is 2. The van der Waals surface area contributed by atoms with Gasteiger partial charge in [0.2, 0.25) is 5.91 Å². The van der Waals surface area contributed by atoms with Gasteiger partial charge in [-0.2, -0.15) is 0 Å². The topological polar surface area (TPSA) is 55.8 Å². The van der Waals surface area contributed by atoms with E-state index in [1.54, 1.807) is 0 Å². The number of carbonyl (C=O) groups is 1. The van der Waals surface area contributed by atoms with Crippen LogP contribution in [-0.4, -0.2) is 72.7 Å². The fourth-order valence-electron chi connectivity index (χ4n) is 1.54. The van der Waals surface area contributed by atoms with Crippen LogP contribution in [0, 0.1) is 0 Å². The molecule has 5 nitrogen and oxygen atoms in total. The summed E-state index contributed by atoms with van der Waals surface area (Å²) in [5, 5.41) is 12.1. The van der Waals surface area contributed by atoms with Crippen molar-refractivity contribution in [3.05, 3.63) is 0 Å². The monoisotopic (exact) mass is 229 g/mol. The Balaban J connectivity index is 2.30. The number of likely N-dealkylation sites (N-methyl/N-ethyl adjacent to an activating group) is 1. The van der Waals surface area contributed by atoms with E-state index in [0.29, 0.717) is 6.54 Å². The molecule has 0 aromatic heterocycles. The van der Waals surface area contributed by atoms with Crippen molar-refractivity contribution in [2.75, 3.05) is 46.4 Å². The van der Waals surface area contributed by atoms with E-state index in [1.807, 2.05) is 18.7 Å². The summed E-state index contributed by atoms with van der Waals surface area (Å²) >= 11 is 0.